The molecule has 0 spiro atoms. The summed E-state index contributed by atoms with van der Waals surface area (Å²) in [5, 5.41) is 7.58. The SMILES string of the molecule is Nc1cccc(-c2noc(-c3ccon3)n2)c1. The lowest BCUT2D eigenvalue weighted by molar-refractivity contribution is 0.405. The maximum atomic E-state index is 5.68. The van der Waals surface area contributed by atoms with Crippen molar-refractivity contribution in [1.29, 1.82) is 0 Å². The van der Waals surface area contributed by atoms with Crippen molar-refractivity contribution >= 4 is 5.69 Å². The first-order valence-corrected chi connectivity index (χ1v) is 4.93. The fourth-order valence-corrected chi connectivity index (χ4v) is 1.45. The standard InChI is InChI=1S/C11H8N4O2/c12-8-3-1-2-7(6-8)10-13-11(17-15-10)9-4-5-16-14-9/h1-6H,12H2. The first kappa shape index (κ1) is 9.59. The van der Waals surface area contributed by atoms with Crippen molar-refractivity contribution < 1.29 is 9.05 Å². The molecule has 3 aromatic rings. The molecule has 84 valence electrons. The molecule has 3 rings (SSSR count). The summed E-state index contributed by atoms with van der Waals surface area (Å²) in [5.74, 6) is 0.784. The second-order valence-corrected chi connectivity index (χ2v) is 3.43. The Balaban J connectivity index is 2.01. The number of hydrogen-bond acceptors (Lipinski definition) is 6. The van der Waals surface area contributed by atoms with Gasteiger partial charge in [0, 0.05) is 17.3 Å². The Morgan fingerprint density at radius 3 is 2.82 bits per heavy atom. The van der Waals surface area contributed by atoms with E-state index in [0.29, 0.717) is 23.1 Å². The van der Waals surface area contributed by atoms with E-state index in [1.54, 1.807) is 18.2 Å². The van der Waals surface area contributed by atoms with E-state index < -0.39 is 0 Å². The van der Waals surface area contributed by atoms with E-state index >= 15 is 0 Å². The summed E-state index contributed by atoms with van der Waals surface area (Å²) < 4.78 is 9.78. The highest BCUT2D eigenvalue weighted by Gasteiger charge is 2.12. The maximum Gasteiger partial charge on any atom is 0.280 e. The molecule has 0 radical (unpaired) electrons. The van der Waals surface area contributed by atoms with Gasteiger partial charge in [-0.2, -0.15) is 4.98 Å². The average molecular weight is 228 g/mol. The summed E-state index contributed by atoms with van der Waals surface area (Å²) in [5.41, 5.74) is 7.63. The van der Waals surface area contributed by atoms with E-state index in [-0.39, 0.29) is 0 Å². The predicted octanol–water partition coefficient (Wildman–Crippen LogP) is 1.97. The van der Waals surface area contributed by atoms with Crippen LogP contribution in [0.2, 0.25) is 0 Å². The molecule has 0 amide bonds. The number of benzene rings is 1. The molecule has 0 fully saturated rings. The minimum Gasteiger partial charge on any atom is -0.399 e. The smallest absolute Gasteiger partial charge is 0.280 e. The second-order valence-electron chi connectivity index (χ2n) is 3.43. The summed E-state index contributed by atoms with van der Waals surface area (Å²) in [4.78, 5) is 4.21. The van der Waals surface area contributed by atoms with Gasteiger partial charge in [-0.1, -0.05) is 22.4 Å². The average Bonchev–Trinajstić information content (AvgIpc) is 3.00. The lowest BCUT2D eigenvalue weighted by Crippen LogP contribution is -1.86. The van der Waals surface area contributed by atoms with Gasteiger partial charge in [-0.25, -0.2) is 0 Å². The molecule has 17 heavy (non-hydrogen) atoms. The fraction of sp³-hybridized carbons (Fsp3) is 0. The van der Waals surface area contributed by atoms with Crippen molar-refractivity contribution in [3.8, 4) is 23.0 Å². The van der Waals surface area contributed by atoms with E-state index in [1.165, 1.54) is 6.26 Å². The zero-order valence-electron chi connectivity index (χ0n) is 8.70. The van der Waals surface area contributed by atoms with Crippen LogP contribution in [0.15, 0.2) is 45.6 Å². The molecule has 0 aliphatic rings. The highest BCUT2D eigenvalue weighted by molar-refractivity contribution is 5.62. The van der Waals surface area contributed by atoms with Crippen molar-refractivity contribution in [2.75, 3.05) is 5.73 Å². The molecule has 0 bridgehead atoms. The molecular weight excluding hydrogens is 220 g/mol. The molecule has 6 nitrogen and oxygen atoms in total. The van der Waals surface area contributed by atoms with Crippen molar-refractivity contribution in [2.24, 2.45) is 0 Å². The predicted molar refractivity (Wildman–Crippen MR) is 59.6 cm³/mol. The molecule has 0 saturated carbocycles. The van der Waals surface area contributed by atoms with Gasteiger partial charge in [0.15, 0.2) is 5.69 Å². The largest absolute Gasteiger partial charge is 0.399 e. The van der Waals surface area contributed by atoms with Gasteiger partial charge in [0.1, 0.15) is 6.26 Å². The Morgan fingerprint density at radius 2 is 2.06 bits per heavy atom. The first-order chi connectivity index (χ1) is 8.33. The second kappa shape index (κ2) is 3.75. The minimum atomic E-state index is 0.316. The van der Waals surface area contributed by atoms with Crippen LogP contribution in [0.5, 0.6) is 0 Å². The maximum absolute atomic E-state index is 5.68. The molecule has 0 unspecified atom stereocenters. The molecule has 2 aromatic heterocycles. The molecule has 0 atom stereocenters. The zero-order valence-corrected chi connectivity index (χ0v) is 8.70. The van der Waals surface area contributed by atoms with Crippen LogP contribution in [0.4, 0.5) is 5.69 Å². The van der Waals surface area contributed by atoms with Gasteiger partial charge in [-0.05, 0) is 12.1 Å². The fourth-order valence-electron chi connectivity index (χ4n) is 1.45. The Hall–Kier alpha value is -2.63. The van der Waals surface area contributed by atoms with Crippen molar-refractivity contribution in [3.63, 3.8) is 0 Å². The highest BCUT2D eigenvalue weighted by Crippen LogP contribution is 2.22. The van der Waals surface area contributed by atoms with Crippen LogP contribution in [0.25, 0.3) is 23.0 Å². The van der Waals surface area contributed by atoms with Gasteiger partial charge in [-0.15, -0.1) is 0 Å². The Morgan fingerprint density at radius 1 is 1.12 bits per heavy atom. The normalized spacial score (nSPS) is 10.6. The highest BCUT2D eigenvalue weighted by atomic mass is 16.5. The number of hydrogen-bond donors (Lipinski definition) is 1. The molecule has 0 aliphatic carbocycles. The van der Waals surface area contributed by atoms with Crippen LogP contribution in [0, 0.1) is 0 Å². The van der Waals surface area contributed by atoms with Gasteiger partial charge in [0.2, 0.25) is 5.82 Å². The summed E-state index contributed by atoms with van der Waals surface area (Å²) in [6.07, 6.45) is 1.44. The zero-order chi connectivity index (χ0) is 11.7. The van der Waals surface area contributed by atoms with E-state index in [1.807, 2.05) is 12.1 Å². The Labute approximate surface area is 96.0 Å². The van der Waals surface area contributed by atoms with Gasteiger partial charge in [0.05, 0.1) is 0 Å². The number of anilines is 1. The molecule has 1 aromatic carbocycles. The van der Waals surface area contributed by atoms with Gasteiger partial charge >= 0.3 is 0 Å². The monoisotopic (exact) mass is 228 g/mol. The van der Waals surface area contributed by atoms with Crippen LogP contribution in [0.3, 0.4) is 0 Å². The quantitative estimate of drug-likeness (QED) is 0.674. The third kappa shape index (κ3) is 1.76. The summed E-state index contributed by atoms with van der Waals surface area (Å²) in [6, 6.07) is 8.90. The molecule has 6 heteroatoms. The van der Waals surface area contributed by atoms with Crippen LogP contribution < -0.4 is 5.73 Å². The number of nitrogen functional groups attached to an aromatic ring is 1. The number of rotatable bonds is 2. The van der Waals surface area contributed by atoms with Crippen molar-refractivity contribution in [2.45, 2.75) is 0 Å². The Kier molecular flexibility index (Phi) is 2.11. The lowest BCUT2D eigenvalue weighted by Gasteiger charge is -1.94. The molecule has 2 N–H and O–H groups in total. The van der Waals surface area contributed by atoms with E-state index in [2.05, 4.69) is 15.3 Å². The summed E-state index contributed by atoms with van der Waals surface area (Å²) in [7, 11) is 0. The molecular formula is C11H8N4O2. The minimum absolute atomic E-state index is 0.316. The molecule has 0 aliphatic heterocycles. The Bertz CT molecular complexity index is 630. The third-order valence-electron chi connectivity index (χ3n) is 2.23. The van der Waals surface area contributed by atoms with Crippen LogP contribution in [-0.4, -0.2) is 15.3 Å². The van der Waals surface area contributed by atoms with Crippen LogP contribution in [-0.2, 0) is 0 Å². The van der Waals surface area contributed by atoms with Crippen LogP contribution in [0.1, 0.15) is 0 Å². The number of aromatic nitrogens is 3. The summed E-state index contributed by atoms with van der Waals surface area (Å²) >= 11 is 0. The van der Waals surface area contributed by atoms with E-state index in [4.69, 9.17) is 14.8 Å². The lowest BCUT2D eigenvalue weighted by atomic mass is 10.2. The van der Waals surface area contributed by atoms with Gasteiger partial charge in [-0.3, -0.25) is 0 Å². The number of nitrogens with two attached hydrogens (primary N) is 1. The van der Waals surface area contributed by atoms with Gasteiger partial charge < -0.3 is 14.8 Å². The van der Waals surface area contributed by atoms with Crippen LogP contribution >= 0.6 is 0 Å². The summed E-state index contributed by atoms with van der Waals surface area (Å²) in [6.45, 7) is 0. The topological polar surface area (TPSA) is 91.0 Å². The molecule has 2 heterocycles. The first-order valence-electron chi connectivity index (χ1n) is 4.93. The van der Waals surface area contributed by atoms with Crippen molar-refractivity contribution in [1.82, 2.24) is 15.3 Å². The van der Waals surface area contributed by atoms with E-state index in [0.717, 1.165) is 5.56 Å². The van der Waals surface area contributed by atoms with Gasteiger partial charge in [0.25, 0.3) is 5.89 Å². The third-order valence-corrected chi connectivity index (χ3v) is 2.23. The number of nitrogens with zero attached hydrogens (tertiary/aromatic N) is 3. The van der Waals surface area contributed by atoms with E-state index in [9.17, 15) is 0 Å². The molecule has 0 saturated heterocycles. The van der Waals surface area contributed by atoms with Crippen molar-refractivity contribution in [3.05, 3.63) is 36.6 Å².